The molecule has 2 heterocycles. The molecule has 0 unspecified atom stereocenters. The molecule has 1 aromatic carbocycles. The lowest BCUT2D eigenvalue weighted by atomic mass is 10.0. The van der Waals surface area contributed by atoms with E-state index in [9.17, 15) is 0 Å². The molecule has 1 aromatic rings. The van der Waals surface area contributed by atoms with Crippen LogP contribution in [0.15, 0.2) is 18.2 Å². The van der Waals surface area contributed by atoms with Gasteiger partial charge in [0, 0.05) is 6.04 Å². The molecule has 1 N–H and O–H groups in total. The molecule has 3 nitrogen and oxygen atoms in total. The highest BCUT2D eigenvalue weighted by atomic mass is 16.7. The van der Waals surface area contributed by atoms with E-state index in [1.165, 1.54) is 12.0 Å². The van der Waals surface area contributed by atoms with E-state index in [1.807, 2.05) is 6.07 Å². The topological polar surface area (TPSA) is 30.5 Å². The summed E-state index contributed by atoms with van der Waals surface area (Å²) in [7, 11) is 0. The summed E-state index contributed by atoms with van der Waals surface area (Å²) in [6.07, 6.45) is 1.21. The van der Waals surface area contributed by atoms with Gasteiger partial charge in [0.25, 0.3) is 0 Å². The van der Waals surface area contributed by atoms with Crippen molar-refractivity contribution < 1.29 is 9.47 Å². The molecule has 0 spiro atoms. The van der Waals surface area contributed by atoms with Crippen LogP contribution >= 0.6 is 0 Å². The van der Waals surface area contributed by atoms with Gasteiger partial charge in [0.15, 0.2) is 11.5 Å². The highest BCUT2D eigenvalue weighted by Gasteiger charge is 2.23. The van der Waals surface area contributed by atoms with Crippen LogP contribution in [0.2, 0.25) is 0 Å². The van der Waals surface area contributed by atoms with Crippen molar-refractivity contribution in [1.29, 1.82) is 0 Å². The lowest BCUT2D eigenvalue weighted by Crippen LogP contribution is -2.13. The van der Waals surface area contributed by atoms with Crippen molar-refractivity contribution in [3.63, 3.8) is 0 Å². The van der Waals surface area contributed by atoms with E-state index in [2.05, 4.69) is 24.4 Å². The van der Waals surface area contributed by atoms with Crippen LogP contribution in [0.25, 0.3) is 0 Å². The van der Waals surface area contributed by atoms with Crippen molar-refractivity contribution in [3.8, 4) is 11.5 Å². The maximum Gasteiger partial charge on any atom is 0.231 e. The molecule has 3 rings (SSSR count). The number of nitrogens with one attached hydrogen (secondary N) is 1. The first-order valence-corrected chi connectivity index (χ1v) is 5.46. The molecule has 2 aliphatic heterocycles. The molecule has 0 radical (unpaired) electrons. The number of hydrogen-bond donors (Lipinski definition) is 1. The summed E-state index contributed by atoms with van der Waals surface area (Å²) in [5.41, 5.74) is 1.31. The van der Waals surface area contributed by atoms with Gasteiger partial charge < -0.3 is 14.8 Å². The molecule has 0 aliphatic carbocycles. The number of fused-ring (bicyclic) bond motifs is 1. The van der Waals surface area contributed by atoms with E-state index in [-0.39, 0.29) is 0 Å². The predicted octanol–water partition coefficient (Wildman–Crippen LogP) is 2.09. The number of ether oxygens (including phenoxy) is 2. The van der Waals surface area contributed by atoms with Crippen LogP contribution in [0.4, 0.5) is 0 Å². The average molecular weight is 205 g/mol. The van der Waals surface area contributed by atoms with Gasteiger partial charge in [-0.25, -0.2) is 0 Å². The monoisotopic (exact) mass is 205 g/mol. The highest BCUT2D eigenvalue weighted by Crippen LogP contribution is 2.36. The fourth-order valence-corrected chi connectivity index (χ4v) is 2.30. The van der Waals surface area contributed by atoms with Gasteiger partial charge >= 0.3 is 0 Å². The number of benzene rings is 1. The number of hydrogen-bond acceptors (Lipinski definition) is 3. The molecule has 3 heteroatoms. The molecule has 0 bridgehead atoms. The van der Waals surface area contributed by atoms with Gasteiger partial charge in [-0.3, -0.25) is 0 Å². The average Bonchev–Trinajstić information content (AvgIpc) is 2.84. The highest BCUT2D eigenvalue weighted by molar-refractivity contribution is 5.45. The molecule has 1 saturated heterocycles. The Bertz CT molecular complexity index is 378. The van der Waals surface area contributed by atoms with Crippen molar-refractivity contribution in [3.05, 3.63) is 23.8 Å². The van der Waals surface area contributed by atoms with Crippen molar-refractivity contribution >= 4 is 0 Å². The molecule has 0 amide bonds. The third kappa shape index (κ3) is 1.57. The normalized spacial score (nSPS) is 28.3. The Morgan fingerprint density at radius 1 is 1.27 bits per heavy atom. The lowest BCUT2D eigenvalue weighted by molar-refractivity contribution is 0.174. The summed E-state index contributed by atoms with van der Waals surface area (Å²) in [5.74, 6) is 2.51. The van der Waals surface area contributed by atoms with E-state index < -0.39 is 0 Å². The predicted molar refractivity (Wildman–Crippen MR) is 57.1 cm³/mol. The zero-order valence-corrected chi connectivity index (χ0v) is 8.82. The summed E-state index contributed by atoms with van der Waals surface area (Å²) >= 11 is 0. The van der Waals surface area contributed by atoms with Crippen molar-refractivity contribution in [2.24, 2.45) is 5.92 Å². The molecule has 15 heavy (non-hydrogen) atoms. The minimum absolute atomic E-state index is 0.354. The first-order valence-electron chi connectivity index (χ1n) is 5.46. The van der Waals surface area contributed by atoms with Gasteiger partial charge in [-0.1, -0.05) is 13.0 Å². The Morgan fingerprint density at radius 2 is 2.13 bits per heavy atom. The molecule has 0 saturated carbocycles. The van der Waals surface area contributed by atoms with Gasteiger partial charge in [-0.2, -0.15) is 0 Å². The zero-order valence-electron chi connectivity index (χ0n) is 8.82. The molecule has 80 valence electrons. The summed E-state index contributed by atoms with van der Waals surface area (Å²) in [6, 6.07) is 6.71. The van der Waals surface area contributed by atoms with Crippen LogP contribution in [0.3, 0.4) is 0 Å². The smallest absolute Gasteiger partial charge is 0.231 e. The van der Waals surface area contributed by atoms with E-state index in [0.717, 1.165) is 24.0 Å². The van der Waals surface area contributed by atoms with E-state index in [0.29, 0.717) is 12.8 Å². The van der Waals surface area contributed by atoms with Crippen LogP contribution in [-0.2, 0) is 0 Å². The second-order valence-corrected chi connectivity index (χ2v) is 4.41. The minimum Gasteiger partial charge on any atom is -0.454 e. The maximum atomic E-state index is 5.38. The van der Waals surface area contributed by atoms with Crippen molar-refractivity contribution in [2.75, 3.05) is 13.3 Å². The molecule has 0 aromatic heterocycles. The summed E-state index contributed by atoms with van der Waals surface area (Å²) in [6.45, 7) is 3.74. The second-order valence-electron chi connectivity index (χ2n) is 4.41. The van der Waals surface area contributed by atoms with Crippen molar-refractivity contribution in [1.82, 2.24) is 5.32 Å². The molecular weight excluding hydrogens is 190 g/mol. The fourth-order valence-electron chi connectivity index (χ4n) is 2.30. The fraction of sp³-hybridized carbons (Fsp3) is 0.500. The SMILES string of the molecule is C[C@@H]1CN[C@H](c2ccc3c(c2)OCO3)C1. The Balaban J connectivity index is 1.87. The van der Waals surface area contributed by atoms with E-state index >= 15 is 0 Å². The zero-order chi connectivity index (χ0) is 10.3. The number of rotatable bonds is 1. The Labute approximate surface area is 89.4 Å². The second kappa shape index (κ2) is 3.42. The summed E-state index contributed by atoms with van der Waals surface area (Å²) < 4.78 is 10.7. The van der Waals surface area contributed by atoms with Gasteiger partial charge in [0.2, 0.25) is 6.79 Å². The third-order valence-corrected chi connectivity index (χ3v) is 3.15. The van der Waals surface area contributed by atoms with E-state index in [4.69, 9.17) is 9.47 Å². The minimum atomic E-state index is 0.354. The van der Waals surface area contributed by atoms with Gasteiger partial charge in [-0.15, -0.1) is 0 Å². The molecule has 1 fully saturated rings. The van der Waals surface area contributed by atoms with Crippen LogP contribution in [-0.4, -0.2) is 13.3 Å². The largest absolute Gasteiger partial charge is 0.454 e. The Morgan fingerprint density at radius 3 is 2.93 bits per heavy atom. The third-order valence-electron chi connectivity index (χ3n) is 3.15. The van der Waals surface area contributed by atoms with Crippen LogP contribution in [0.1, 0.15) is 24.9 Å². The first-order chi connectivity index (χ1) is 7.33. The molecule has 2 aliphatic rings. The maximum absolute atomic E-state index is 5.38. The van der Waals surface area contributed by atoms with Gasteiger partial charge in [0.1, 0.15) is 0 Å². The molecular formula is C12H15NO2. The summed E-state index contributed by atoms with van der Waals surface area (Å²) in [4.78, 5) is 0. The Kier molecular flexibility index (Phi) is 2.06. The standard InChI is InChI=1S/C12H15NO2/c1-8-4-10(13-6-8)9-2-3-11-12(5-9)15-7-14-11/h2-3,5,8,10,13H,4,6-7H2,1H3/t8-,10-/m0/s1. The quantitative estimate of drug-likeness (QED) is 0.761. The lowest BCUT2D eigenvalue weighted by Gasteiger charge is -2.11. The first kappa shape index (κ1) is 9.04. The van der Waals surface area contributed by atoms with Crippen LogP contribution in [0, 0.1) is 5.92 Å². The van der Waals surface area contributed by atoms with Gasteiger partial charge in [0.05, 0.1) is 0 Å². The van der Waals surface area contributed by atoms with Crippen LogP contribution in [0.5, 0.6) is 11.5 Å². The van der Waals surface area contributed by atoms with Crippen LogP contribution < -0.4 is 14.8 Å². The van der Waals surface area contributed by atoms with Crippen molar-refractivity contribution in [2.45, 2.75) is 19.4 Å². The Hall–Kier alpha value is -1.22. The molecule has 2 atom stereocenters. The van der Waals surface area contributed by atoms with E-state index in [1.54, 1.807) is 0 Å². The summed E-state index contributed by atoms with van der Waals surface area (Å²) in [5, 5.41) is 3.52. The van der Waals surface area contributed by atoms with Gasteiger partial charge in [-0.05, 0) is 36.6 Å².